The van der Waals surface area contributed by atoms with Crippen molar-refractivity contribution >= 4 is 0 Å². The van der Waals surface area contributed by atoms with Crippen LogP contribution in [0.25, 0.3) is 11.3 Å². The molecule has 0 radical (unpaired) electrons. The van der Waals surface area contributed by atoms with Gasteiger partial charge in [-0.15, -0.1) is 0 Å². The molecule has 2 rings (SSSR count). The Morgan fingerprint density at radius 3 is 2.57 bits per heavy atom. The summed E-state index contributed by atoms with van der Waals surface area (Å²) in [5.74, 6) is 1.30. The number of hydrogen-bond acceptors (Lipinski definition) is 3. The minimum atomic E-state index is -0.223. The van der Waals surface area contributed by atoms with Gasteiger partial charge >= 0.3 is 0 Å². The molecule has 1 aromatic heterocycles. The molecule has 1 heterocycles. The number of nitriles is 1. The maximum Gasteiger partial charge on any atom is 0.268 e. The van der Waals surface area contributed by atoms with Crippen molar-refractivity contribution in [2.45, 2.75) is 33.7 Å². The lowest BCUT2D eigenvalue weighted by Crippen LogP contribution is -2.24. The number of methoxy groups -OCH3 is 1. The number of aromatic nitrogens is 1. The molecular formula is C19H22N2O2. The van der Waals surface area contributed by atoms with E-state index in [1.165, 1.54) is 0 Å². The van der Waals surface area contributed by atoms with E-state index < -0.39 is 0 Å². The molecule has 0 aliphatic heterocycles. The lowest BCUT2D eigenvalue weighted by atomic mass is 10.1. The van der Waals surface area contributed by atoms with Crippen molar-refractivity contribution in [3.05, 3.63) is 51.8 Å². The van der Waals surface area contributed by atoms with Crippen LogP contribution in [-0.2, 0) is 6.54 Å². The molecule has 0 saturated carbocycles. The zero-order chi connectivity index (χ0) is 17.0. The van der Waals surface area contributed by atoms with Gasteiger partial charge in [0.25, 0.3) is 5.56 Å². The van der Waals surface area contributed by atoms with E-state index in [-0.39, 0.29) is 11.1 Å². The number of rotatable bonds is 5. The molecule has 0 amide bonds. The van der Waals surface area contributed by atoms with Crippen molar-refractivity contribution in [1.29, 1.82) is 5.26 Å². The first-order valence-corrected chi connectivity index (χ1v) is 7.77. The summed E-state index contributed by atoms with van der Waals surface area (Å²) in [6, 6.07) is 11.3. The summed E-state index contributed by atoms with van der Waals surface area (Å²) in [5.41, 5.74) is 2.76. The van der Waals surface area contributed by atoms with E-state index in [0.717, 1.165) is 29.0 Å². The van der Waals surface area contributed by atoms with Crippen LogP contribution in [-0.4, -0.2) is 11.7 Å². The van der Waals surface area contributed by atoms with Crippen molar-refractivity contribution in [2.75, 3.05) is 7.11 Å². The van der Waals surface area contributed by atoms with Gasteiger partial charge in [-0.3, -0.25) is 4.79 Å². The molecule has 0 aliphatic rings. The third-order valence-corrected chi connectivity index (χ3v) is 3.92. The fourth-order valence-electron chi connectivity index (χ4n) is 2.56. The lowest BCUT2D eigenvalue weighted by Gasteiger charge is -2.16. The lowest BCUT2D eigenvalue weighted by molar-refractivity contribution is 0.412. The molecule has 0 fully saturated rings. The molecule has 0 aliphatic carbocycles. The Morgan fingerprint density at radius 1 is 1.26 bits per heavy atom. The molecule has 0 atom stereocenters. The molecule has 23 heavy (non-hydrogen) atoms. The largest absolute Gasteiger partial charge is 0.496 e. The van der Waals surface area contributed by atoms with Crippen LogP contribution in [0, 0.1) is 24.2 Å². The van der Waals surface area contributed by atoms with Crippen LogP contribution in [0.2, 0.25) is 0 Å². The minimum absolute atomic E-state index is 0.183. The highest BCUT2D eigenvalue weighted by molar-refractivity contribution is 5.63. The normalized spacial score (nSPS) is 10.6. The van der Waals surface area contributed by atoms with E-state index in [1.807, 2.05) is 37.3 Å². The van der Waals surface area contributed by atoms with Gasteiger partial charge < -0.3 is 9.30 Å². The van der Waals surface area contributed by atoms with Gasteiger partial charge in [0.1, 0.15) is 17.4 Å². The number of pyridine rings is 1. The third-order valence-electron chi connectivity index (χ3n) is 3.92. The molecule has 0 spiro atoms. The summed E-state index contributed by atoms with van der Waals surface area (Å²) < 4.78 is 7.00. The Morgan fingerprint density at radius 2 is 2.00 bits per heavy atom. The average molecular weight is 310 g/mol. The van der Waals surface area contributed by atoms with Gasteiger partial charge in [0.15, 0.2) is 0 Å². The highest BCUT2D eigenvalue weighted by atomic mass is 16.5. The van der Waals surface area contributed by atoms with Crippen LogP contribution >= 0.6 is 0 Å². The molecule has 120 valence electrons. The van der Waals surface area contributed by atoms with Crippen molar-refractivity contribution in [1.82, 2.24) is 4.57 Å². The van der Waals surface area contributed by atoms with Crippen molar-refractivity contribution in [2.24, 2.45) is 5.92 Å². The molecule has 1 aromatic carbocycles. The zero-order valence-corrected chi connectivity index (χ0v) is 14.1. The van der Waals surface area contributed by atoms with Crippen LogP contribution in [0.1, 0.15) is 31.4 Å². The predicted octanol–water partition coefficient (Wildman–Crippen LogP) is 3.75. The maximum atomic E-state index is 12.5. The Balaban J connectivity index is 2.57. The Bertz CT molecular complexity index is 798. The molecular weight excluding hydrogens is 288 g/mol. The van der Waals surface area contributed by atoms with E-state index >= 15 is 0 Å². The summed E-state index contributed by atoms with van der Waals surface area (Å²) >= 11 is 0. The van der Waals surface area contributed by atoms with E-state index in [4.69, 9.17) is 10.00 Å². The summed E-state index contributed by atoms with van der Waals surface area (Å²) in [6.45, 7) is 6.82. The van der Waals surface area contributed by atoms with Gasteiger partial charge in [-0.2, -0.15) is 5.26 Å². The van der Waals surface area contributed by atoms with Gasteiger partial charge in [0, 0.05) is 6.54 Å². The second-order valence-electron chi connectivity index (χ2n) is 6.07. The second-order valence-corrected chi connectivity index (χ2v) is 6.07. The highest BCUT2D eigenvalue weighted by Gasteiger charge is 2.12. The summed E-state index contributed by atoms with van der Waals surface area (Å²) in [5, 5.41) is 9.11. The van der Waals surface area contributed by atoms with Gasteiger partial charge in [-0.1, -0.05) is 13.8 Å². The summed E-state index contributed by atoms with van der Waals surface area (Å²) in [4.78, 5) is 12.5. The van der Waals surface area contributed by atoms with Crippen molar-refractivity contribution in [3.8, 4) is 23.1 Å². The maximum absolute atomic E-state index is 12.5. The second kappa shape index (κ2) is 7.15. The van der Waals surface area contributed by atoms with Crippen LogP contribution in [0.3, 0.4) is 0 Å². The van der Waals surface area contributed by atoms with Crippen molar-refractivity contribution < 1.29 is 4.74 Å². The molecule has 2 aromatic rings. The molecule has 0 N–H and O–H groups in total. The van der Waals surface area contributed by atoms with E-state index in [2.05, 4.69) is 13.8 Å². The molecule has 4 nitrogen and oxygen atoms in total. The van der Waals surface area contributed by atoms with Crippen molar-refractivity contribution in [3.63, 3.8) is 0 Å². The van der Waals surface area contributed by atoms with Crippen LogP contribution in [0.15, 0.2) is 35.1 Å². The first-order valence-electron chi connectivity index (χ1n) is 7.77. The fraction of sp³-hybridized carbons (Fsp3) is 0.368. The summed E-state index contributed by atoms with van der Waals surface area (Å²) in [7, 11) is 1.64. The van der Waals surface area contributed by atoms with Gasteiger partial charge in [0.05, 0.1) is 12.8 Å². The minimum Gasteiger partial charge on any atom is -0.496 e. The Hall–Kier alpha value is -2.54. The highest BCUT2D eigenvalue weighted by Crippen LogP contribution is 2.26. The topological polar surface area (TPSA) is 55.0 Å². The van der Waals surface area contributed by atoms with Crippen LogP contribution in [0.4, 0.5) is 0 Å². The Kier molecular flexibility index (Phi) is 5.23. The third kappa shape index (κ3) is 3.62. The number of aryl methyl sites for hydroxylation is 1. The predicted molar refractivity (Wildman–Crippen MR) is 91.6 cm³/mol. The first kappa shape index (κ1) is 16.8. The number of ether oxygens (including phenoxy) is 1. The van der Waals surface area contributed by atoms with E-state index in [9.17, 15) is 4.79 Å². The van der Waals surface area contributed by atoms with Crippen LogP contribution < -0.4 is 10.3 Å². The molecule has 0 saturated heterocycles. The Labute approximate surface area is 137 Å². The van der Waals surface area contributed by atoms with Gasteiger partial charge in [-0.05, 0) is 60.7 Å². The average Bonchev–Trinajstić information content (AvgIpc) is 2.53. The standard InChI is InChI=1S/C19H22N2O2/c1-13(2)9-10-21-17(7-5-16(12-20)19(21)22)15-6-8-18(23-4)14(3)11-15/h5-8,11,13H,9-10H2,1-4H3. The molecule has 0 unspecified atom stereocenters. The monoisotopic (exact) mass is 310 g/mol. The molecule has 0 bridgehead atoms. The SMILES string of the molecule is COc1ccc(-c2ccc(C#N)c(=O)n2CCC(C)C)cc1C. The van der Waals surface area contributed by atoms with Gasteiger partial charge in [-0.25, -0.2) is 0 Å². The number of hydrogen-bond donors (Lipinski definition) is 0. The first-order chi connectivity index (χ1) is 11.0. The van der Waals surface area contributed by atoms with E-state index in [1.54, 1.807) is 17.7 Å². The number of nitrogens with zero attached hydrogens (tertiary/aromatic N) is 2. The zero-order valence-electron chi connectivity index (χ0n) is 14.1. The summed E-state index contributed by atoms with van der Waals surface area (Å²) in [6.07, 6.45) is 0.886. The fourth-order valence-corrected chi connectivity index (χ4v) is 2.56. The van der Waals surface area contributed by atoms with E-state index in [0.29, 0.717) is 12.5 Å². The number of benzene rings is 1. The smallest absolute Gasteiger partial charge is 0.268 e. The molecule has 4 heteroatoms. The van der Waals surface area contributed by atoms with Crippen LogP contribution in [0.5, 0.6) is 5.75 Å². The quantitative estimate of drug-likeness (QED) is 0.845. The van der Waals surface area contributed by atoms with Gasteiger partial charge in [0.2, 0.25) is 0 Å².